The molecule has 0 aromatic heterocycles. The minimum absolute atomic E-state index is 0.182. The van der Waals surface area contributed by atoms with Crippen molar-refractivity contribution in [1.82, 2.24) is 5.32 Å². The van der Waals surface area contributed by atoms with E-state index in [1.165, 1.54) is 11.1 Å². The maximum absolute atomic E-state index is 9.37. The fourth-order valence-corrected chi connectivity index (χ4v) is 2.16. The van der Waals surface area contributed by atoms with Crippen molar-refractivity contribution in [1.29, 1.82) is 0 Å². The smallest absolute Gasteiger partial charge is 0.0576 e. The lowest BCUT2D eigenvalue weighted by molar-refractivity contribution is 0.183. The van der Waals surface area contributed by atoms with E-state index in [9.17, 15) is 5.11 Å². The highest BCUT2D eigenvalue weighted by atomic mass is 16.3. The van der Waals surface area contributed by atoms with Gasteiger partial charge in [0, 0.05) is 0 Å². The van der Waals surface area contributed by atoms with Crippen molar-refractivity contribution < 1.29 is 5.11 Å². The minimum Gasteiger partial charge on any atom is -0.393 e. The van der Waals surface area contributed by atoms with Gasteiger partial charge in [-0.1, -0.05) is 60.7 Å². The van der Waals surface area contributed by atoms with Crippen LogP contribution in [-0.2, 0) is 0 Å². The average Bonchev–Trinajstić information content (AvgIpc) is 2.45. The van der Waals surface area contributed by atoms with Crippen LogP contribution in [0, 0.1) is 0 Å². The van der Waals surface area contributed by atoms with Crippen molar-refractivity contribution in [2.24, 2.45) is 0 Å². The third-order valence-corrected chi connectivity index (χ3v) is 3.18. The second-order valence-corrected chi connectivity index (χ2v) is 4.85. The fourth-order valence-electron chi connectivity index (χ4n) is 2.16. The quantitative estimate of drug-likeness (QED) is 0.831. The maximum atomic E-state index is 9.37. The van der Waals surface area contributed by atoms with Crippen molar-refractivity contribution in [3.8, 4) is 0 Å². The van der Waals surface area contributed by atoms with Gasteiger partial charge in [-0.3, -0.25) is 0 Å². The summed E-state index contributed by atoms with van der Waals surface area (Å²) in [5, 5.41) is 12.9. The van der Waals surface area contributed by atoms with Crippen LogP contribution in [0.15, 0.2) is 60.7 Å². The molecule has 2 nitrogen and oxygen atoms in total. The molecule has 19 heavy (non-hydrogen) atoms. The van der Waals surface area contributed by atoms with Crippen LogP contribution in [0.3, 0.4) is 0 Å². The molecular formula is C17H21NO. The number of hydrogen-bond donors (Lipinski definition) is 2. The number of rotatable bonds is 6. The molecule has 2 heteroatoms. The molecule has 0 bridgehead atoms. The number of nitrogens with one attached hydrogen (secondary N) is 1. The highest BCUT2D eigenvalue weighted by molar-refractivity contribution is 5.31. The fraction of sp³-hybridized carbons (Fsp3) is 0.294. The molecule has 1 atom stereocenters. The normalized spacial score (nSPS) is 12.6. The maximum Gasteiger partial charge on any atom is 0.0576 e. The van der Waals surface area contributed by atoms with E-state index in [2.05, 4.69) is 53.8 Å². The van der Waals surface area contributed by atoms with Gasteiger partial charge < -0.3 is 10.4 Å². The van der Waals surface area contributed by atoms with Gasteiger partial charge in [0.2, 0.25) is 0 Å². The van der Waals surface area contributed by atoms with E-state index < -0.39 is 0 Å². The Morgan fingerprint density at radius 3 is 1.79 bits per heavy atom. The zero-order valence-corrected chi connectivity index (χ0v) is 11.3. The first kappa shape index (κ1) is 13.8. The summed E-state index contributed by atoms with van der Waals surface area (Å²) < 4.78 is 0. The van der Waals surface area contributed by atoms with E-state index in [1.54, 1.807) is 0 Å². The largest absolute Gasteiger partial charge is 0.393 e. The molecule has 2 N–H and O–H groups in total. The van der Waals surface area contributed by atoms with Crippen LogP contribution < -0.4 is 5.32 Å². The van der Waals surface area contributed by atoms with Crippen LogP contribution in [0.5, 0.6) is 0 Å². The van der Waals surface area contributed by atoms with Gasteiger partial charge in [0.15, 0.2) is 0 Å². The number of hydrogen-bond acceptors (Lipinski definition) is 2. The van der Waals surface area contributed by atoms with Crippen molar-refractivity contribution >= 4 is 0 Å². The molecule has 0 aliphatic heterocycles. The lowest BCUT2D eigenvalue weighted by atomic mass is 9.98. The first-order valence-electron chi connectivity index (χ1n) is 6.78. The Kier molecular flexibility index (Phi) is 5.13. The number of aliphatic hydroxyl groups excluding tert-OH is 1. The van der Waals surface area contributed by atoms with Crippen molar-refractivity contribution in [2.75, 3.05) is 6.54 Å². The van der Waals surface area contributed by atoms with Gasteiger partial charge in [-0.25, -0.2) is 0 Å². The molecule has 0 unspecified atom stereocenters. The van der Waals surface area contributed by atoms with Crippen molar-refractivity contribution in [2.45, 2.75) is 25.5 Å². The first-order chi connectivity index (χ1) is 9.27. The summed E-state index contributed by atoms with van der Waals surface area (Å²) in [5.74, 6) is 0. The van der Waals surface area contributed by atoms with Gasteiger partial charge in [0.1, 0.15) is 0 Å². The predicted octanol–water partition coefficient (Wildman–Crippen LogP) is 3.14. The summed E-state index contributed by atoms with van der Waals surface area (Å²) in [6, 6.07) is 21.0. The van der Waals surface area contributed by atoms with Crippen LogP contribution in [0.25, 0.3) is 0 Å². The number of benzene rings is 2. The Balaban J connectivity index is 2.14. The van der Waals surface area contributed by atoms with Gasteiger partial charge in [-0.2, -0.15) is 0 Å². The molecule has 0 fully saturated rings. The van der Waals surface area contributed by atoms with Crippen LogP contribution in [0.2, 0.25) is 0 Å². The zero-order valence-electron chi connectivity index (χ0n) is 11.3. The summed E-state index contributed by atoms with van der Waals surface area (Å²) in [5.41, 5.74) is 2.50. The topological polar surface area (TPSA) is 32.3 Å². The third-order valence-electron chi connectivity index (χ3n) is 3.18. The van der Waals surface area contributed by atoms with E-state index in [0.29, 0.717) is 0 Å². The SMILES string of the molecule is C[C@H](O)CCNC(c1ccccc1)c1ccccc1. The standard InChI is InChI=1S/C17H21NO/c1-14(19)12-13-18-17(15-8-4-2-5-9-15)16-10-6-3-7-11-16/h2-11,14,17-19H,12-13H2,1H3/t14-/m0/s1. The molecule has 2 rings (SSSR count). The van der Waals surface area contributed by atoms with Crippen LogP contribution in [0.4, 0.5) is 0 Å². The summed E-state index contributed by atoms with van der Waals surface area (Å²) in [4.78, 5) is 0. The molecule has 0 amide bonds. The zero-order chi connectivity index (χ0) is 13.5. The van der Waals surface area contributed by atoms with E-state index in [0.717, 1.165) is 13.0 Å². The molecule has 0 spiro atoms. The Hall–Kier alpha value is -1.64. The Morgan fingerprint density at radius 2 is 1.37 bits per heavy atom. The lowest BCUT2D eigenvalue weighted by Gasteiger charge is -2.20. The Morgan fingerprint density at radius 1 is 0.895 bits per heavy atom. The lowest BCUT2D eigenvalue weighted by Crippen LogP contribution is -2.25. The number of aliphatic hydroxyl groups is 1. The van der Waals surface area contributed by atoms with Gasteiger partial charge in [-0.15, -0.1) is 0 Å². The van der Waals surface area contributed by atoms with E-state index >= 15 is 0 Å². The van der Waals surface area contributed by atoms with Gasteiger partial charge in [0.25, 0.3) is 0 Å². The third kappa shape index (κ3) is 4.19. The van der Waals surface area contributed by atoms with Gasteiger partial charge in [-0.05, 0) is 31.0 Å². The highest BCUT2D eigenvalue weighted by Gasteiger charge is 2.12. The van der Waals surface area contributed by atoms with Gasteiger partial charge in [0.05, 0.1) is 12.1 Å². The molecule has 0 saturated carbocycles. The first-order valence-corrected chi connectivity index (χ1v) is 6.78. The molecule has 2 aromatic rings. The second-order valence-electron chi connectivity index (χ2n) is 4.85. The predicted molar refractivity (Wildman–Crippen MR) is 79.0 cm³/mol. The molecule has 0 radical (unpaired) electrons. The molecule has 0 aliphatic carbocycles. The summed E-state index contributed by atoms with van der Waals surface area (Å²) >= 11 is 0. The van der Waals surface area contributed by atoms with E-state index in [-0.39, 0.29) is 12.1 Å². The molecule has 0 heterocycles. The summed E-state index contributed by atoms with van der Waals surface area (Å²) in [6.45, 7) is 2.62. The van der Waals surface area contributed by atoms with Crippen LogP contribution in [0.1, 0.15) is 30.5 Å². The monoisotopic (exact) mass is 255 g/mol. The average molecular weight is 255 g/mol. The molecule has 0 aliphatic rings. The van der Waals surface area contributed by atoms with Gasteiger partial charge >= 0.3 is 0 Å². The Bertz CT molecular complexity index is 428. The summed E-state index contributed by atoms with van der Waals surface area (Å²) in [7, 11) is 0. The van der Waals surface area contributed by atoms with Crippen LogP contribution >= 0.6 is 0 Å². The van der Waals surface area contributed by atoms with Crippen LogP contribution in [-0.4, -0.2) is 17.8 Å². The molecule has 0 saturated heterocycles. The minimum atomic E-state index is -0.264. The molecular weight excluding hydrogens is 234 g/mol. The van der Waals surface area contributed by atoms with Crippen molar-refractivity contribution in [3.63, 3.8) is 0 Å². The molecule has 2 aromatic carbocycles. The molecule has 100 valence electrons. The van der Waals surface area contributed by atoms with E-state index in [1.807, 2.05) is 19.1 Å². The highest BCUT2D eigenvalue weighted by Crippen LogP contribution is 2.21. The van der Waals surface area contributed by atoms with Crippen molar-refractivity contribution in [3.05, 3.63) is 71.8 Å². The summed E-state index contributed by atoms with van der Waals surface area (Å²) in [6.07, 6.45) is 0.496. The second kappa shape index (κ2) is 7.07. The Labute approximate surface area is 115 Å². The van der Waals surface area contributed by atoms with E-state index in [4.69, 9.17) is 0 Å².